The number of hydrogen-bond donors (Lipinski definition) is 3. The van der Waals surface area contributed by atoms with E-state index in [0.717, 1.165) is 5.56 Å². The Morgan fingerprint density at radius 1 is 1.14 bits per heavy atom. The van der Waals surface area contributed by atoms with Crippen LogP contribution in [0.3, 0.4) is 0 Å². The van der Waals surface area contributed by atoms with Gasteiger partial charge in [0, 0.05) is 17.6 Å². The standard InChI is InChI=1S/C24H29ClFN3O5S/c1-24(26)12-9-18(10-13-24)28-23(31)29-35(32,33)19-6-3-16(4-7-19)11-14-27-22(30)20-15-17(25)5-8-21(20)34-2/h3-8,15,18H,9-14H2,1-2H3,(H,27,30)(H2,28,29,31). The maximum Gasteiger partial charge on any atom is 0.328 e. The zero-order chi connectivity index (χ0) is 25.6. The Morgan fingerprint density at radius 3 is 2.43 bits per heavy atom. The summed E-state index contributed by atoms with van der Waals surface area (Å²) in [5.74, 6) is 0.0650. The molecule has 8 nitrogen and oxygen atoms in total. The summed E-state index contributed by atoms with van der Waals surface area (Å²) in [6.45, 7) is 1.84. The highest BCUT2D eigenvalue weighted by atomic mass is 35.5. The predicted molar refractivity (Wildman–Crippen MR) is 131 cm³/mol. The first-order chi connectivity index (χ1) is 16.5. The summed E-state index contributed by atoms with van der Waals surface area (Å²) >= 11 is 5.96. The number of sulfonamides is 1. The third kappa shape index (κ3) is 7.57. The smallest absolute Gasteiger partial charge is 0.328 e. The van der Waals surface area contributed by atoms with Gasteiger partial charge in [-0.3, -0.25) is 4.79 Å². The second kappa shape index (κ2) is 11.3. The number of hydrogen-bond acceptors (Lipinski definition) is 5. The molecule has 3 N–H and O–H groups in total. The van der Waals surface area contributed by atoms with Gasteiger partial charge >= 0.3 is 6.03 Å². The second-order valence-corrected chi connectivity index (χ2v) is 10.9. The van der Waals surface area contributed by atoms with E-state index in [9.17, 15) is 22.4 Å². The summed E-state index contributed by atoms with van der Waals surface area (Å²) in [5, 5.41) is 5.80. The SMILES string of the molecule is COc1ccc(Cl)cc1C(=O)NCCc1ccc(S(=O)(=O)NC(=O)NC2CCC(C)(F)CC2)cc1. The second-order valence-electron chi connectivity index (χ2n) is 8.76. The molecule has 1 aliphatic rings. The van der Waals surface area contributed by atoms with Crippen molar-refractivity contribution in [2.75, 3.05) is 13.7 Å². The van der Waals surface area contributed by atoms with E-state index in [1.165, 1.54) is 32.2 Å². The molecule has 35 heavy (non-hydrogen) atoms. The number of carbonyl (C=O) groups is 2. The lowest BCUT2D eigenvalue weighted by molar-refractivity contribution is 0.0951. The van der Waals surface area contributed by atoms with Crippen LogP contribution in [-0.4, -0.2) is 45.7 Å². The van der Waals surface area contributed by atoms with Crippen molar-refractivity contribution in [3.8, 4) is 5.75 Å². The topological polar surface area (TPSA) is 114 Å². The number of urea groups is 1. The van der Waals surface area contributed by atoms with Crippen LogP contribution < -0.4 is 20.1 Å². The normalized spacial score (nSPS) is 20.1. The summed E-state index contributed by atoms with van der Waals surface area (Å²) in [5.41, 5.74) is -0.131. The van der Waals surface area contributed by atoms with Gasteiger partial charge in [-0.1, -0.05) is 23.7 Å². The minimum atomic E-state index is -4.06. The van der Waals surface area contributed by atoms with E-state index in [2.05, 4.69) is 10.6 Å². The molecule has 2 aromatic rings. The summed E-state index contributed by atoms with van der Waals surface area (Å²) in [6, 6.07) is 9.67. The van der Waals surface area contributed by atoms with Crippen LogP contribution in [0.2, 0.25) is 5.02 Å². The lowest BCUT2D eigenvalue weighted by atomic mass is 9.85. The first-order valence-electron chi connectivity index (χ1n) is 11.2. The fourth-order valence-corrected chi connectivity index (χ4v) is 4.96. The Labute approximate surface area is 209 Å². The van der Waals surface area contributed by atoms with Crippen molar-refractivity contribution in [1.82, 2.24) is 15.4 Å². The lowest BCUT2D eigenvalue weighted by Crippen LogP contribution is -2.46. The monoisotopic (exact) mass is 525 g/mol. The molecule has 0 heterocycles. The minimum absolute atomic E-state index is 0.0657. The molecule has 190 valence electrons. The van der Waals surface area contributed by atoms with Gasteiger partial charge in [0.25, 0.3) is 15.9 Å². The molecular weight excluding hydrogens is 497 g/mol. The highest BCUT2D eigenvalue weighted by Gasteiger charge is 2.31. The van der Waals surface area contributed by atoms with Gasteiger partial charge in [0.05, 0.1) is 17.6 Å². The van der Waals surface area contributed by atoms with Gasteiger partial charge in [0.2, 0.25) is 0 Å². The molecule has 0 radical (unpaired) electrons. The Bertz CT molecular complexity index is 1160. The largest absolute Gasteiger partial charge is 0.496 e. The Kier molecular flexibility index (Phi) is 8.60. The average Bonchev–Trinajstić information content (AvgIpc) is 2.80. The number of halogens is 2. The van der Waals surface area contributed by atoms with Crippen LogP contribution in [0.25, 0.3) is 0 Å². The summed E-state index contributed by atoms with van der Waals surface area (Å²) in [7, 11) is -2.60. The number of methoxy groups -OCH3 is 1. The van der Waals surface area contributed by atoms with E-state index in [4.69, 9.17) is 16.3 Å². The number of carbonyl (C=O) groups excluding carboxylic acids is 2. The maximum absolute atomic E-state index is 13.9. The number of alkyl halides is 1. The first kappa shape index (κ1) is 26.7. The van der Waals surface area contributed by atoms with Crippen molar-refractivity contribution < 1.29 is 27.1 Å². The minimum Gasteiger partial charge on any atom is -0.496 e. The van der Waals surface area contributed by atoms with Gasteiger partial charge in [-0.25, -0.2) is 22.3 Å². The quantitative estimate of drug-likeness (QED) is 0.482. The van der Waals surface area contributed by atoms with Crippen LogP contribution in [0.5, 0.6) is 5.75 Å². The third-order valence-electron chi connectivity index (χ3n) is 5.93. The fraction of sp³-hybridized carbons (Fsp3) is 0.417. The van der Waals surface area contributed by atoms with Crippen molar-refractivity contribution >= 4 is 33.6 Å². The van der Waals surface area contributed by atoms with E-state index in [-0.39, 0.29) is 16.8 Å². The van der Waals surface area contributed by atoms with Crippen LogP contribution in [0.4, 0.5) is 9.18 Å². The number of nitrogens with one attached hydrogen (secondary N) is 3. The van der Waals surface area contributed by atoms with Crippen LogP contribution in [0.15, 0.2) is 47.4 Å². The number of benzene rings is 2. The van der Waals surface area contributed by atoms with Gasteiger partial charge < -0.3 is 15.4 Å². The van der Waals surface area contributed by atoms with E-state index in [0.29, 0.717) is 55.0 Å². The molecule has 0 saturated heterocycles. The molecule has 0 unspecified atom stereocenters. The van der Waals surface area contributed by atoms with Gasteiger partial charge in [-0.15, -0.1) is 0 Å². The van der Waals surface area contributed by atoms with Crippen LogP contribution in [0.1, 0.15) is 48.5 Å². The molecule has 3 amide bonds. The molecule has 0 spiro atoms. The highest BCUT2D eigenvalue weighted by molar-refractivity contribution is 7.90. The van der Waals surface area contributed by atoms with Crippen molar-refractivity contribution in [3.05, 3.63) is 58.6 Å². The maximum atomic E-state index is 13.9. The molecule has 0 bridgehead atoms. The van der Waals surface area contributed by atoms with E-state index >= 15 is 0 Å². The first-order valence-corrected chi connectivity index (χ1v) is 13.1. The molecule has 0 aliphatic heterocycles. The van der Waals surface area contributed by atoms with Crippen molar-refractivity contribution in [3.63, 3.8) is 0 Å². The molecule has 1 fully saturated rings. The number of rotatable bonds is 8. The summed E-state index contributed by atoms with van der Waals surface area (Å²) in [4.78, 5) is 24.5. The molecule has 1 saturated carbocycles. The van der Waals surface area contributed by atoms with Gasteiger partial charge in [-0.2, -0.15) is 0 Å². The fourth-order valence-electron chi connectivity index (χ4n) is 3.87. The number of amides is 3. The Hall–Kier alpha value is -2.85. The van der Waals surface area contributed by atoms with E-state index in [1.54, 1.807) is 24.3 Å². The lowest BCUT2D eigenvalue weighted by Gasteiger charge is -2.31. The number of ether oxygens (including phenoxy) is 1. The average molecular weight is 526 g/mol. The van der Waals surface area contributed by atoms with Crippen LogP contribution in [-0.2, 0) is 16.4 Å². The molecule has 2 aromatic carbocycles. The van der Waals surface area contributed by atoms with Crippen LogP contribution >= 0.6 is 11.6 Å². The molecular formula is C24H29ClFN3O5S. The third-order valence-corrected chi connectivity index (χ3v) is 7.51. The highest BCUT2D eigenvalue weighted by Crippen LogP contribution is 2.31. The van der Waals surface area contributed by atoms with Gasteiger partial charge in [0.15, 0.2) is 0 Å². The molecule has 1 aliphatic carbocycles. The zero-order valence-corrected chi connectivity index (χ0v) is 21.1. The molecule has 0 atom stereocenters. The summed E-state index contributed by atoms with van der Waals surface area (Å²) < 4.78 is 46.1. The zero-order valence-electron chi connectivity index (χ0n) is 19.6. The predicted octanol–water partition coefficient (Wildman–Crippen LogP) is 3.98. The van der Waals surface area contributed by atoms with Gasteiger partial charge in [0.1, 0.15) is 11.4 Å². The van der Waals surface area contributed by atoms with Crippen LogP contribution in [0, 0.1) is 0 Å². The summed E-state index contributed by atoms with van der Waals surface area (Å²) in [6.07, 6.45) is 2.00. The van der Waals surface area contributed by atoms with Crippen molar-refractivity contribution in [2.24, 2.45) is 0 Å². The van der Waals surface area contributed by atoms with Crippen molar-refractivity contribution in [2.45, 2.75) is 55.6 Å². The van der Waals surface area contributed by atoms with E-state index < -0.39 is 21.7 Å². The van der Waals surface area contributed by atoms with Gasteiger partial charge in [-0.05, 0) is 74.9 Å². The Balaban J connectivity index is 1.50. The van der Waals surface area contributed by atoms with Crippen molar-refractivity contribution in [1.29, 1.82) is 0 Å². The van der Waals surface area contributed by atoms with E-state index in [1.807, 2.05) is 4.72 Å². The Morgan fingerprint density at radius 2 is 1.80 bits per heavy atom. The molecule has 11 heteroatoms. The molecule has 3 rings (SSSR count). The molecule has 0 aromatic heterocycles.